The van der Waals surface area contributed by atoms with Crippen LogP contribution in [0.15, 0.2) is 12.1 Å². The van der Waals surface area contributed by atoms with Crippen LogP contribution >= 0.6 is 0 Å². The van der Waals surface area contributed by atoms with Crippen molar-refractivity contribution in [2.24, 2.45) is 5.92 Å². The van der Waals surface area contributed by atoms with Crippen molar-refractivity contribution in [1.82, 2.24) is 0 Å². The molecule has 0 spiro atoms. The zero-order chi connectivity index (χ0) is 12.1. The van der Waals surface area contributed by atoms with E-state index in [9.17, 15) is 8.78 Å². The molecule has 0 aliphatic carbocycles. The Hall–Kier alpha value is -1.12. The number of anilines is 1. The maximum absolute atomic E-state index is 13.5. The largest absolute Gasteiger partial charge is 0.382 e. The average Bonchev–Trinajstić information content (AvgIpc) is 2.26. The molecule has 0 fully saturated rings. The number of hydrogen-bond acceptors (Lipinski definition) is 1. The maximum Gasteiger partial charge on any atom is 0.146 e. The van der Waals surface area contributed by atoms with E-state index in [2.05, 4.69) is 19.2 Å². The van der Waals surface area contributed by atoms with Gasteiger partial charge in [-0.2, -0.15) is 0 Å². The molecule has 0 atom stereocenters. The number of benzene rings is 1. The molecule has 16 heavy (non-hydrogen) atoms. The van der Waals surface area contributed by atoms with Crippen molar-refractivity contribution >= 4 is 5.69 Å². The van der Waals surface area contributed by atoms with Gasteiger partial charge in [0.25, 0.3) is 0 Å². The van der Waals surface area contributed by atoms with E-state index in [-0.39, 0.29) is 17.3 Å². The fraction of sp³-hybridized carbons (Fsp3) is 0.538. The van der Waals surface area contributed by atoms with Crippen LogP contribution in [0.25, 0.3) is 0 Å². The molecule has 0 aliphatic heterocycles. The molecular weight excluding hydrogens is 208 g/mol. The molecule has 1 nitrogen and oxygen atoms in total. The van der Waals surface area contributed by atoms with E-state index in [0.29, 0.717) is 18.0 Å². The van der Waals surface area contributed by atoms with Gasteiger partial charge in [0.05, 0.1) is 5.69 Å². The third-order valence-electron chi connectivity index (χ3n) is 2.98. The summed E-state index contributed by atoms with van der Waals surface area (Å²) in [5.41, 5.74) is 0.598. The molecule has 0 aliphatic rings. The van der Waals surface area contributed by atoms with E-state index in [0.717, 1.165) is 12.8 Å². The van der Waals surface area contributed by atoms with Gasteiger partial charge in [0.1, 0.15) is 11.6 Å². The summed E-state index contributed by atoms with van der Waals surface area (Å²) in [5, 5.41) is 2.97. The first-order chi connectivity index (χ1) is 7.58. The molecule has 0 aromatic heterocycles. The minimum atomic E-state index is -0.384. The summed E-state index contributed by atoms with van der Waals surface area (Å²) in [4.78, 5) is 0. The van der Waals surface area contributed by atoms with E-state index in [1.807, 2.05) is 0 Å². The van der Waals surface area contributed by atoms with E-state index in [4.69, 9.17) is 0 Å². The Bertz CT molecular complexity index is 346. The van der Waals surface area contributed by atoms with Crippen LogP contribution in [0, 0.1) is 24.5 Å². The van der Waals surface area contributed by atoms with Gasteiger partial charge in [-0.15, -0.1) is 0 Å². The summed E-state index contributed by atoms with van der Waals surface area (Å²) in [5.74, 6) is -0.248. The van der Waals surface area contributed by atoms with Crippen LogP contribution in [0.4, 0.5) is 14.5 Å². The van der Waals surface area contributed by atoms with Crippen LogP contribution in [0.5, 0.6) is 0 Å². The van der Waals surface area contributed by atoms with Crippen LogP contribution in [-0.4, -0.2) is 6.54 Å². The Kier molecular flexibility index (Phi) is 4.71. The Morgan fingerprint density at radius 3 is 2.31 bits per heavy atom. The van der Waals surface area contributed by atoms with Crippen molar-refractivity contribution in [3.63, 3.8) is 0 Å². The summed E-state index contributed by atoms with van der Waals surface area (Å²) in [7, 11) is 0. The molecule has 0 saturated heterocycles. The first-order valence-electron chi connectivity index (χ1n) is 5.78. The highest BCUT2D eigenvalue weighted by atomic mass is 19.1. The molecule has 0 saturated carbocycles. The van der Waals surface area contributed by atoms with Gasteiger partial charge in [-0.1, -0.05) is 26.7 Å². The monoisotopic (exact) mass is 227 g/mol. The minimum Gasteiger partial charge on any atom is -0.382 e. The number of nitrogens with one attached hydrogen (secondary N) is 1. The van der Waals surface area contributed by atoms with Gasteiger partial charge < -0.3 is 5.32 Å². The van der Waals surface area contributed by atoms with Gasteiger partial charge in [-0.3, -0.25) is 0 Å². The number of aryl methyl sites for hydroxylation is 1. The highest BCUT2D eigenvalue weighted by molar-refractivity contribution is 5.46. The highest BCUT2D eigenvalue weighted by Crippen LogP contribution is 2.19. The lowest BCUT2D eigenvalue weighted by Crippen LogP contribution is -2.13. The molecule has 0 radical (unpaired) electrons. The van der Waals surface area contributed by atoms with Crippen molar-refractivity contribution < 1.29 is 8.78 Å². The van der Waals surface area contributed by atoms with Crippen molar-refractivity contribution in [2.75, 3.05) is 11.9 Å². The zero-order valence-corrected chi connectivity index (χ0v) is 10.1. The average molecular weight is 227 g/mol. The summed E-state index contributed by atoms with van der Waals surface area (Å²) in [6, 6.07) is 2.46. The van der Waals surface area contributed by atoms with Gasteiger partial charge in [0.2, 0.25) is 0 Å². The number of halogens is 2. The minimum absolute atomic E-state index is 0.259. The second-order valence-corrected chi connectivity index (χ2v) is 4.14. The summed E-state index contributed by atoms with van der Waals surface area (Å²) >= 11 is 0. The fourth-order valence-corrected chi connectivity index (χ4v) is 1.61. The third kappa shape index (κ3) is 3.19. The lowest BCUT2D eigenvalue weighted by molar-refractivity contribution is 0.516. The third-order valence-corrected chi connectivity index (χ3v) is 2.98. The van der Waals surface area contributed by atoms with Gasteiger partial charge in [-0.05, 0) is 24.5 Å². The summed E-state index contributed by atoms with van der Waals surface area (Å²) in [6.45, 7) is 6.44. The second-order valence-electron chi connectivity index (χ2n) is 4.14. The van der Waals surface area contributed by atoms with Gasteiger partial charge in [0, 0.05) is 12.6 Å². The fourth-order valence-electron chi connectivity index (χ4n) is 1.61. The first kappa shape index (κ1) is 12.9. The topological polar surface area (TPSA) is 12.0 Å². The van der Waals surface area contributed by atoms with Crippen molar-refractivity contribution in [2.45, 2.75) is 33.6 Å². The molecule has 1 rings (SSSR count). The van der Waals surface area contributed by atoms with E-state index >= 15 is 0 Å². The normalized spacial score (nSPS) is 10.9. The SMILES string of the molecule is CCC(CC)CNc1cc(F)c(C)cc1F. The molecule has 3 heteroatoms. The van der Waals surface area contributed by atoms with Crippen LogP contribution in [-0.2, 0) is 0 Å². The van der Waals surface area contributed by atoms with Gasteiger partial charge in [-0.25, -0.2) is 8.78 Å². The van der Waals surface area contributed by atoms with Gasteiger partial charge >= 0.3 is 0 Å². The standard InChI is InChI=1S/C13H19F2N/c1-4-10(5-2)8-16-13-7-11(14)9(3)6-12(13)15/h6-7,10,16H,4-5,8H2,1-3H3. The van der Waals surface area contributed by atoms with Crippen LogP contribution in [0.3, 0.4) is 0 Å². The van der Waals surface area contributed by atoms with Crippen LogP contribution in [0.2, 0.25) is 0 Å². The molecule has 0 unspecified atom stereocenters. The van der Waals surface area contributed by atoms with E-state index in [1.165, 1.54) is 12.1 Å². The Labute approximate surface area is 95.9 Å². The quantitative estimate of drug-likeness (QED) is 0.797. The second kappa shape index (κ2) is 5.83. The number of rotatable bonds is 5. The lowest BCUT2D eigenvalue weighted by atomic mass is 10.0. The predicted octanol–water partition coefficient (Wildman–Crippen LogP) is 4.12. The van der Waals surface area contributed by atoms with Crippen molar-refractivity contribution in [1.29, 1.82) is 0 Å². The van der Waals surface area contributed by atoms with Gasteiger partial charge in [0.15, 0.2) is 0 Å². The number of hydrogen-bond donors (Lipinski definition) is 1. The van der Waals surface area contributed by atoms with Crippen molar-refractivity contribution in [3.05, 3.63) is 29.3 Å². The first-order valence-corrected chi connectivity index (χ1v) is 5.78. The Balaban J connectivity index is 2.70. The molecule has 1 aromatic rings. The molecule has 1 aromatic carbocycles. The smallest absolute Gasteiger partial charge is 0.146 e. The molecule has 0 bridgehead atoms. The molecular formula is C13H19F2N. The van der Waals surface area contributed by atoms with E-state index in [1.54, 1.807) is 6.92 Å². The lowest BCUT2D eigenvalue weighted by Gasteiger charge is -2.15. The summed E-state index contributed by atoms with van der Waals surface area (Å²) < 4.78 is 26.7. The van der Waals surface area contributed by atoms with Crippen molar-refractivity contribution in [3.8, 4) is 0 Å². The molecule has 90 valence electrons. The predicted molar refractivity (Wildman–Crippen MR) is 63.7 cm³/mol. The Morgan fingerprint density at radius 2 is 1.75 bits per heavy atom. The highest BCUT2D eigenvalue weighted by Gasteiger charge is 2.09. The summed E-state index contributed by atoms with van der Waals surface area (Å²) in [6.07, 6.45) is 2.08. The maximum atomic E-state index is 13.5. The molecule has 1 N–H and O–H groups in total. The van der Waals surface area contributed by atoms with Crippen LogP contribution in [0.1, 0.15) is 32.3 Å². The Morgan fingerprint density at radius 1 is 1.12 bits per heavy atom. The molecule has 0 amide bonds. The van der Waals surface area contributed by atoms with E-state index < -0.39 is 0 Å². The van der Waals surface area contributed by atoms with Crippen LogP contribution < -0.4 is 5.32 Å². The molecule has 0 heterocycles. The zero-order valence-electron chi connectivity index (χ0n) is 10.1.